The summed E-state index contributed by atoms with van der Waals surface area (Å²) in [7, 11) is 3.79. The molecule has 0 heterocycles. The number of hydrogen-bond acceptors (Lipinski definition) is 6. The van der Waals surface area contributed by atoms with Gasteiger partial charge in [0.05, 0.1) is 6.61 Å². The highest BCUT2D eigenvalue weighted by molar-refractivity contribution is 6.27. The van der Waals surface area contributed by atoms with Crippen LogP contribution >= 0.6 is 0 Å². The Morgan fingerprint density at radius 3 is 2.37 bits per heavy atom. The van der Waals surface area contributed by atoms with Crippen LogP contribution in [0.15, 0.2) is 12.2 Å². The molecule has 0 rings (SSSR count). The molecule has 0 saturated carbocycles. The van der Waals surface area contributed by atoms with Crippen molar-refractivity contribution in [2.45, 2.75) is 25.4 Å². The molecule has 0 radical (unpaired) electrons. The Kier molecular flexibility index (Phi) is 10.7. The third-order valence-corrected chi connectivity index (χ3v) is 3.72. The maximum atomic E-state index is 11.0. The Balaban J connectivity index is 3.57. The van der Waals surface area contributed by atoms with Gasteiger partial charge in [0, 0.05) is 27.4 Å². The fourth-order valence-corrected chi connectivity index (χ4v) is 2.29. The molecule has 19 heavy (non-hydrogen) atoms. The fourth-order valence-electron chi connectivity index (χ4n) is 1.29. The van der Waals surface area contributed by atoms with E-state index in [1.807, 2.05) is 0 Å². The first-order valence-corrected chi connectivity index (χ1v) is 7.74. The average Bonchev–Trinajstić information content (AvgIpc) is 2.43. The zero-order valence-electron chi connectivity index (χ0n) is 12.1. The Morgan fingerprint density at radius 2 is 1.84 bits per heavy atom. The highest BCUT2D eigenvalue weighted by Crippen LogP contribution is 2.12. The van der Waals surface area contributed by atoms with Crippen LogP contribution in [-0.4, -0.2) is 56.2 Å². The van der Waals surface area contributed by atoms with Crippen LogP contribution in [0, 0.1) is 0 Å². The van der Waals surface area contributed by atoms with Crippen molar-refractivity contribution < 1.29 is 28.2 Å². The molecule has 0 fully saturated rings. The second-order valence-electron chi connectivity index (χ2n) is 3.72. The van der Waals surface area contributed by atoms with Gasteiger partial charge in [0.2, 0.25) is 0 Å². The third kappa shape index (κ3) is 8.12. The van der Waals surface area contributed by atoms with Gasteiger partial charge in [-0.05, 0) is 19.4 Å². The minimum absolute atomic E-state index is 0.237. The second kappa shape index (κ2) is 11.1. The topological polar surface area (TPSA) is 63.2 Å². The van der Waals surface area contributed by atoms with E-state index < -0.39 is 15.7 Å². The van der Waals surface area contributed by atoms with Gasteiger partial charge < -0.3 is 23.4 Å². The molecule has 0 aromatic heterocycles. The molecule has 0 bridgehead atoms. The van der Waals surface area contributed by atoms with Crippen LogP contribution in [0.3, 0.4) is 0 Å². The zero-order chi connectivity index (χ0) is 14.6. The average molecular weight is 292 g/mol. The molecule has 0 aromatic carbocycles. The van der Waals surface area contributed by atoms with E-state index in [-0.39, 0.29) is 12.6 Å². The number of esters is 1. The Labute approximate surface area is 116 Å². The minimum Gasteiger partial charge on any atom is -0.463 e. The lowest BCUT2D eigenvalue weighted by molar-refractivity contribution is -0.361. The van der Waals surface area contributed by atoms with Crippen LogP contribution in [-0.2, 0) is 28.2 Å². The molecule has 0 aliphatic rings. The monoisotopic (exact) mass is 292 g/mol. The summed E-state index contributed by atoms with van der Waals surface area (Å²) in [5.41, 5.74) is 0. The molecule has 112 valence electrons. The number of allylic oxidation sites excluding steroid dienone is 1. The molecule has 0 N–H and O–H groups in total. The molecule has 0 aliphatic heterocycles. The minimum atomic E-state index is -1.12. The lowest BCUT2D eigenvalue weighted by Gasteiger charge is -2.28. The maximum Gasteiger partial charge on any atom is 0.330 e. The van der Waals surface area contributed by atoms with Crippen molar-refractivity contribution >= 4 is 15.7 Å². The van der Waals surface area contributed by atoms with E-state index >= 15 is 0 Å². The van der Waals surface area contributed by atoms with Crippen LogP contribution in [0.1, 0.15) is 13.3 Å². The number of carbonyl (C=O) groups is 1. The van der Waals surface area contributed by atoms with Crippen molar-refractivity contribution in [2.75, 3.05) is 34.5 Å². The summed E-state index contributed by atoms with van der Waals surface area (Å²) in [6.45, 7) is 2.43. The van der Waals surface area contributed by atoms with Crippen molar-refractivity contribution in [3.05, 3.63) is 12.2 Å². The summed E-state index contributed by atoms with van der Waals surface area (Å²) >= 11 is 0. The lowest BCUT2D eigenvalue weighted by atomic mass is 10.5. The van der Waals surface area contributed by atoms with Gasteiger partial charge in [0.1, 0.15) is 6.61 Å². The summed E-state index contributed by atoms with van der Waals surface area (Å²) in [5.74, 6) is -1.42. The highest BCUT2D eigenvalue weighted by Gasteiger charge is 2.29. The van der Waals surface area contributed by atoms with E-state index in [0.717, 1.165) is 12.5 Å². The normalized spacial score (nSPS) is 12.6. The number of hydrogen-bond donors (Lipinski definition) is 0. The van der Waals surface area contributed by atoms with Crippen LogP contribution in [0.2, 0.25) is 6.04 Å². The first-order valence-electron chi connectivity index (χ1n) is 6.16. The standard InChI is InChI=1S/C12H24O6Si/c1-5-7-11(13)17-8-6-9-19-18-10-12(14-2,15-3)16-4/h5,7H,6,8-10,19H2,1-4H3. The summed E-state index contributed by atoms with van der Waals surface area (Å²) in [6, 6.07) is 0.913. The van der Waals surface area contributed by atoms with Crippen molar-refractivity contribution in [1.82, 2.24) is 0 Å². The Bertz CT molecular complexity index is 257. The third-order valence-electron chi connectivity index (χ3n) is 2.44. The number of carbonyl (C=O) groups excluding carboxylic acids is 1. The Hall–Kier alpha value is -0.733. The molecule has 0 spiro atoms. The zero-order valence-corrected chi connectivity index (χ0v) is 13.6. The molecule has 0 unspecified atom stereocenters. The van der Waals surface area contributed by atoms with Crippen LogP contribution in [0.4, 0.5) is 0 Å². The van der Waals surface area contributed by atoms with Gasteiger partial charge in [-0.3, -0.25) is 0 Å². The van der Waals surface area contributed by atoms with E-state index in [1.54, 1.807) is 13.0 Å². The number of ether oxygens (including phenoxy) is 4. The quantitative estimate of drug-likeness (QED) is 0.183. The molecule has 0 aliphatic carbocycles. The molecule has 7 heteroatoms. The van der Waals surface area contributed by atoms with Gasteiger partial charge in [-0.15, -0.1) is 0 Å². The van der Waals surface area contributed by atoms with Crippen LogP contribution in [0.5, 0.6) is 0 Å². The van der Waals surface area contributed by atoms with Gasteiger partial charge in [-0.1, -0.05) is 6.08 Å². The first kappa shape index (κ1) is 18.3. The summed E-state index contributed by atoms with van der Waals surface area (Å²) in [6.07, 6.45) is 3.85. The molecular formula is C12H24O6Si. The van der Waals surface area contributed by atoms with Crippen molar-refractivity contribution in [2.24, 2.45) is 0 Å². The van der Waals surface area contributed by atoms with E-state index in [2.05, 4.69) is 0 Å². The summed E-state index contributed by atoms with van der Waals surface area (Å²) in [5, 5.41) is 0. The smallest absolute Gasteiger partial charge is 0.330 e. The van der Waals surface area contributed by atoms with E-state index in [0.29, 0.717) is 6.61 Å². The van der Waals surface area contributed by atoms with Crippen LogP contribution < -0.4 is 0 Å². The van der Waals surface area contributed by atoms with Gasteiger partial charge >= 0.3 is 11.9 Å². The molecule has 6 nitrogen and oxygen atoms in total. The second-order valence-corrected chi connectivity index (χ2v) is 5.25. The Morgan fingerprint density at radius 1 is 1.21 bits per heavy atom. The molecule has 0 saturated heterocycles. The number of rotatable bonds is 11. The largest absolute Gasteiger partial charge is 0.463 e. The van der Waals surface area contributed by atoms with Gasteiger partial charge in [-0.25, -0.2) is 4.79 Å². The van der Waals surface area contributed by atoms with E-state index in [9.17, 15) is 4.79 Å². The molecule has 0 atom stereocenters. The molecular weight excluding hydrogens is 268 g/mol. The predicted molar refractivity (Wildman–Crippen MR) is 73.5 cm³/mol. The first-order chi connectivity index (χ1) is 9.14. The molecule has 0 amide bonds. The maximum absolute atomic E-state index is 11.0. The highest BCUT2D eigenvalue weighted by atomic mass is 28.2. The SMILES string of the molecule is CC=CC(=O)OCCC[SiH2]OCC(OC)(OC)OC. The van der Waals surface area contributed by atoms with Crippen molar-refractivity contribution in [3.63, 3.8) is 0 Å². The van der Waals surface area contributed by atoms with Crippen molar-refractivity contribution in [1.29, 1.82) is 0 Å². The molecule has 0 aromatic rings. The lowest BCUT2D eigenvalue weighted by Crippen LogP contribution is -2.41. The van der Waals surface area contributed by atoms with Crippen molar-refractivity contribution in [3.8, 4) is 0 Å². The summed E-state index contributed by atoms with van der Waals surface area (Å²) < 4.78 is 25.8. The summed E-state index contributed by atoms with van der Waals surface area (Å²) in [4.78, 5) is 11.0. The van der Waals surface area contributed by atoms with E-state index in [4.69, 9.17) is 23.4 Å². The van der Waals surface area contributed by atoms with Gasteiger partial charge in [0.15, 0.2) is 9.76 Å². The van der Waals surface area contributed by atoms with Gasteiger partial charge in [0.25, 0.3) is 0 Å². The van der Waals surface area contributed by atoms with E-state index in [1.165, 1.54) is 27.4 Å². The number of methoxy groups -OCH3 is 3. The van der Waals surface area contributed by atoms with Crippen LogP contribution in [0.25, 0.3) is 0 Å². The predicted octanol–water partition coefficient (Wildman–Crippen LogP) is 0.607. The van der Waals surface area contributed by atoms with Gasteiger partial charge in [-0.2, -0.15) is 0 Å². The fraction of sp³-hybridized carbons (Fsp3) is 0.750.